The number of piperidine rings is 1. The first-order valence-corrected chi connectivity index (χ1v) is 15.2. The normalized spacial score (nSPS) is 13.8. The highest BCUT2D eigenvalue weighted by Crippen LogP contribution is 2.34. The van der Waals surface area contributed by atoms with Gasteiger partial charge in [-0.15, -0.1) is 0 Å². The fourth-order valence-electron chi connectivity index (χ4n) is 4.91. The molecule has 3 aromatic carbocycles. The zero-order chi connectivity index (χ0) is 30.6. The number of carbonyl (C=O) groups excluding carboxylic acids is 2. The Labute approximate surface area is 254 Å². The molecule has 0 aromatic heterocycles. The van der Waals surface area contributed by atoms with Crippen LogP contribution in [0.5, 0.6) is 23.0 Å². The fraction of sp³-hybridized carbons (Fsp3) is 0.412. The molecule has 9 nitrogen and oxygen atoms in total. The maximum absolute atomic E-state index is 12.9. The van der Waals surface area contributed by atoms with E-state index in [4.69, 9.17) is 14.2 Å². The SMILES string of the molecule is CCCCCNC(=O)Nc1ccc(OC)c(Oc2ccc(NC(=O)c3ccc(OC4CCN(C(C)C)CC4)cc3)cc2)c1. The lowest BCUT2D eigenvalue weighted by Crippen LogP contribution is -2.41. The van der Waals surface area contributed by atoms with Crippen molar-refractivity contribution in [1.82, 2.24) is 10.2 Å². The van der Waals surface area contributed by atoms with Gasteiger partial charge in [0, 0.05) is 48.7 Å². The molecule has 1 aliphatic heterocycles. The van der Waals surface area contributed by atoms with E-state index in [1.165, 1.54) is 0 Å². The van der Waals surface area contributed by atoms with Crippen LogP contribution < -0.4 is 30.2 Å². The average Bonchev–Trinajstić information content (AvgIpc) is 3.01. The maximum Gasteiger partial charge on any atom is 0.319 e. The molecule has 0 atom stereocenters. The number of nitrogens with one attached hydrogen (secondary N) is 3. The van der Waals surface area contributed by atoms with Gasteiger partial charge in [-0.3, -0.25) is 4.79 Å². The summed E-state index contributed by atoms with van der Waals surface area (Å²) in [6, 6.07) is 19.8. The van der Waals surface area contributed by atoms with Crippen LogP contribution in [-0.2, 0) is 0 Å². The number of amides is 3. The van der Waals surface area contributed by atoms with Crippen molar-refractivity contribution in [2.75, 3.05) is 37.4 Å². The number of ether oxygens (including phenoxy) is 3. The van der Waals surface area contributed by atoms with Gasteiger partial charge < -0.3 is 35.1 Å². The first kappa shape index (κ1) is 31.7. The van der Waals surface area contributed by atoms with Crippen molar-refractivity contribution in [2.24, 2.45) is 0 Å². The molecule has 0 radical (unpaired) electrons. The molecule has 0 saturated carbocycles. The molecule has 43 heavy (non-hydrogen) atoms. The lowest BCUT2D eigenvalue weighted by atomic mass is 10.1. The van der Waals surface area contributed by atoms with E-state index in [2.05, 4.69) is 41.6 Å². The number of methoxy groups -OCH3 is 1. The Bertz CT molecular complexity index is 1320. The third kappa shape index (κ3) is 9.64. The number of nitrogens with zero attached hydrogens (tertiary/aromatic N) is 1. The van der Waals surface area contributed by atoms with Gasteiger partial charge in [-0.25, -0.2) is 4.79 Å². The second kappa shape index (κ2) is 15.8. The number of rotatable bonds is 13. The zero-order valence-electron chi connectivity index (χ0n) is 25.7. The van der Waals surface area contributed by atoms with Gasteiger partial charge >= 0.3 is 6.03 Å². The average molecular weight is 589 g/mol. The molecule has 3 amide bonds. The Balaban J connectivity index is 1.29. The Morgan fingerprint density at radius 1 is 0.860 bits per heavy atom. The molecule has 0 bridgehead atoms. The molecule has 1 fully saturated rings. The van der Waals surface area contributed by atoms with Crippen LogP contribution >= 0.6 is 0 Å². The van der Waals surface area contributed by atoms with Crippen LogP contribution in [-0.4, -0.2) is 55.7 Å². The predicted molar refractivity (Wildman–Crippen MR) is 171 cm³/mol. The smallest absolute Gasteiger partial charge is 0.319 e. The predicted octanol–water partition coefficient (Wildman–Crippen LogP) is 7.30. The number of hydrogen-bond donors (Lipinski definition) is 3. The van der Waals surface area contributed by atoms with Crippen LogP contribution in [0.1, 0.15) is 63.2 Å². The van der Waals surface area contributed by atoms with Crippen LogP contribution in [0.2, 0.25) is 0 Å². The molecule has 4 rings (SSSR count). The van der Waals surface area contributed by atoms with Gasteiger partial charge in [-0.1, -0.05) is 19.8 Å². The van der Waals surface area contributed by atoms with Gasteiger partial charge in [0.25, 0.3) is 5.91 Å². The minimum atomic E-state index is -0.267. The van der Waals surface area contributed by atoms with Crippen LogP contribution in [0, 0.1) is 0 Å². The monoisotopic (exact) mass is 588 g/mol. The largest absolute Gasteiger partial charge is 0.493 e. The van der Waals surface area contributed by atoms with Crippen LogP contribution in [0.15, 0.2) is 66.7 Å². The van der Waals surface area contributed by atoms with E-state index in [0.29, 0.717) is 46.8 Å². The standard InChI is InChI=1S/C34H44N4O5/c1-5-6-7-20-35-34(40)37-27-12-17-31(41-4)32(23-27)43-29-15-10-26(11-16-29)36-33(39)25-8-13-28(14-9-25)42-30-18-21-38(22-19-30)24(2)3/h8-17,23-24,30H,5-7,18-22H2,1-4H3,(H,36,39)(H2,35,37,40). The van der Waals surface area contributed by atoms with Gasteiger partial charge in [0.15, 0.2) is 11.5 Å². The highest BCUT2D eigenvalue weighted by Gasteiger charge is 2.22. The van der Waals surface area contributed by atoms with Crippen molar-refractivity contribution in [1.29, 1.82) is 0 Å². The third-order valence-corrected chi connectivity index (χ3v) is 7.45. The number of hydrogen-bond acceptors (Lipinski definition) is 6. The summed E-state index contributed by atoms with van der Waals surface area (Å²) in [6.45, 7) is 9.28. The molecule has 3 aromatic rings. The van der Waals surface area contributed by atoms with Gasteiger partial charge in [0.2, 0.25) is 0 Å². The number of likely N-dealkylation sites (tertiary alicyclic amines) is 1. The van der Waals surface area contributed by atoms with Gasteiger partial charge in [0.1, 0.15) is 17.6 Å². The van der Waals surface area contributed by atoms with Crippen molar-refractivity contribution in [3.05, 3.63) is 72.3 Å². The number of urea groups is 1. The summed E-state index contributed by atoms with van der Waals surface area (Å²) < 4.78 is 17.6. The molecule has 0 spiro atoms. The van der Waals surface area contributed by atoms with Crippen LogP contribution in [0.3, 0.4) is 0 Å². The highest BCUT2D eigenvalue weighted by molar-refractivity contribution is 6.04. The molecule has 1 aliphatic rings. The molecule has 3 N–H and O–H groups in total. The Hall–Kier alpha value is -4.24. The van der Waals surface area contributed by atoms with Crippen molar-refractivity contribution in [2.45, 2.75) is 65.0 Å². The quantitative estimate of drug-likeness (QED) is 0.181. The second-order valence-electron chi connectivity index (χ2n) is 11.0. The van der Waals surface area contributed by atoms with E-state index in [-0.39, 0.29) is 18.0 Å². The van der Waals surface area contributed by atoms with Crippen molar-refractivity contribution < 1.29 is 23.8 Å². The Kier molecular flexibility index (Phi) is 11.7. The summed E-state index contributed by atoms with van der Waals surface area (Å²) in [5.41, 5.74) is 1.77. The van der Waals surface area contributed by atoms with Crippen molar-refractivity contribution in [3.8, 4) is 23.0 Å². The Morgan fingerprint density at radius 3 is 2.19 bits per heavy atom. The second-order valence-corrected chi connectivity index (χ2v) is 11.0. The third-order valence-electron chi connectivity index (χ3n) is 7.45. The minimum absolute atomic E-state index is 0.203. The molecular formula is C34H44N4O5. The summed E-state index contributed by atoms with van der Waals surface area (Å²) in [7, 11) is 1.56. The highest BCUT2D eigenvalue weighted by atomic mass is 16.5. The lowest BCUT2D eigenvalue weighted by Gasteiger charge is -2.34. The van der Waals surface area contributed by atoms with Gasteiger partial charge in [-0.05, 0) is 93.8 Å². The first-order valence-electron chi connectivity index (χ1n) is 15.2. The maximum atomic E-state index is 12.9. The van der Waals surface area contributed by atoms with Gasteiger partial charge in [0.05, 0.1) is 7.11 Å². The number of anilines is 2. The summed E-state index contributed by atoms with van der Waals surface area (Å²) in [5, 5.41) is 8.61. The number of unbranched alkanes of at least 4 members (excludes halogenated alkanes) is 2. The topological polar surface area (TPSA) is 101 Å². The van der Waals surface area contributed by atoms with Crippen LogP contribution in [0.25, 0.3) is 0 Å². The molecule has 1 heterocycles. The molecule has 1 saturated heterocycles. The summed E-state index contributed by atoms with van der Waals surface area (Å²) in [4.78, 5) is 27.5. The summed E-state index contributed by atoms with van der Waals surface area (Å²) in [5.74, 6) is 2.11. The van der Waals surface area contributed by atoms with E-state index >= 15 is 0 Å². The molecule has 0 aliphatic carbocycles. The molecular weight excluding hydrogens is 544 g/mol. The Morgan fingerprint density at radius 2 is 1.53 bits per heavy atom. The van der Waals surface area contributed by atoms with E-state index in [9.17, 15) is 9.59 Å². The van der Waals surface area contributed by atoms with Crippen LogP contribution in [0.4, 0.5) is 16.2 Å². The minimum Gasteiger partial charge on any atom is -0.493 e. The van der Waals surface area contributed by atoms with Crippen molar-refractivity contribution in [3.63, 3.8) is 0 Å². The molecule has 0 unspecified atom stereocenters. The van der Waals surface area contributed by atoms with E-state index in [1.54, 1.807) is 61.7 Å². The van der Waals surface area contributed by atoms with Gasteiger partial charge in [-0.2, -0.15) is 0 Å². The number of carbonyl (C=O) groups is 2. The van der Waals surface area contributed by atoms with E-state index in [0.717, 1.165) is 50.9 Å². The summed E-state index contributed by atoms with van der Waals surface area (Å²) in [6.07, 6.45) is 5.32. The molecule has 230 valence electrons. The van der Waals surface area contributed by atoms with Crippen molar-refractivity contribution >= 4 is 23.3 Å². The lowest BCUT2D eigenvalue weighted by molar-refractivity contribution is 0.0843. The van der Waals surface area contributed by atoms with E-state index in [1.807, 2.05) is 12.1 Å². The summed E-state index contributed by atoms with van der Waals surface area (Å²) >= 11 is 0. The number of benzene rings is 3. The fourth-order valence-corrected chi connectivity index (χ4v) is 4.91. The van der Waals surface area contributed by atoms with E-state index < -0.39 is 0 Å². The molecule has 9 heteroatoms. The first-order chi connectivity index (χ1) is 20.8. The zero-order valence-corrected chi connectivity index (χ0v) is 25.7.